The average molecular weight is 290 g/mol. The summed E-state index contributed by atoms with van der Waals surface area (Å²) in [6.07, 6.45) is 4.46. The lowest BCUT2D eigenvalue weighted by Gasteiger charge is -1.98. The maximum Gasteiger partial charge on any atom is 0.173 e. The van der Waals surface area contributed by atoms with E-state index in [-0.39, 0.29) is 11.0 Å². The Morgan fingerprint density at radius 2 is 2.05 bits per heavy atom. The van der Waals surface area contributed by atoms with Crippen molar-refractivity contribution >= 4 is 23.7 Å². The molecule has 2 rings (SSSR count). The number of benzene rings is 1. The monoisotopic (exact) mass is 289 g/mol. The fourth-order valence-corrected chi connectivity index (χ4v) is 1.51. The van der Waals surface area contributed by atoms with Gasteiger partial charge in [-0.2, -0.15) is 5.10 Å². The van der Waals surface area contributed by atoms with Gasteiger partial charge in [0.15, 0.2) is 5.84 Å². The molecule has 1 heterocycles. The van der Waals surface area contributed by atoms with E-state index >= 15 is 0 Å². The first-order valence-electron chi connectivity index (χ1n) is 5.67. The van der Waals surface area contributed by atoms with E-state index in [2.05, 4.69) is 20.2 Å². The summed E-state index contributed by atoms with van der Waals surface area (Å²) in [7, 11) is 1.61. The number of halogens is 1. The first-order valence-corrected chi connectivity index (χ1v) is 6.05. The van der Waals surface area contributed by atoms with Crippen LogP contribution in [0.3, 0.4) is 0 Å². The zero-order valence-electron chi connectivity index (χ0n) is 10.7. The van der Waals surface area contributed by atoms with E-state index in [4.69, 9.17) is 22.1 Å². The minimum absolute atomic E-state index is 0.143. The van der Waals surface area contributed by atoms with Gasteiger partial charge in [-0.25, -0.2) is 4.98 Å². The van der Waals surface area contributed by atoms with E-state index in [1.165, 1.54) is 12.4 Å². The summed E-state index contributed by atoms with van der Waals surface area (Å²) in [5.74, 6) is 0.920. The standard InChI is InChI=1S/C13H12ClN5O/c1-20-10-4-2-9(3-5-10)6-17-19-13(15)11-7-16-8-12(14)18-11/h2-8H,1H3,(H2,15,19)/b17-6+. The van der Waals surface area contributed by atoms with Crippen LogP contribution >= 0.6 is 11.6 Å². The van der Waals surface area contributed by atoms with E-state index in [9.17, 15) is 0 Å². The Hall–Kier alpha value is -2.47. The van der Waals surface area contributed by atoms with E-state index in [1.807, 2.05) is 24.3 Å². The number of hydrogen-bond acceptors (Lipinski definition) is 5. The Morgan fingerprint density at radius 3 is 2.70 bits per heavy atom. The lowest BCUT2D eigenvalue weighted by Crippen LogP contribution is -2.15. The minimum atomic E-state index is 0.143. The fraction of sp³-hybridized carbons (Fsp3) is 0.0769. The molecule has 7 heteroatoms. The molecule has 2 N–H and O–H groups in total. The second-order valence-corrected chi connectivity index (χ2v) is 4.12. The largest absolute Gasteiger partial charge is 0.497 e. The number of rotatable bonds is 4. The first kappa shape index (κ1) is 14.0. The smallest absolute Gasteiger partial charge is 0.173 e. The highest BCUT2D eigenvalue weighted by molar-refractivity contribution is 6.29. The number of ether oxygens (including phenoxy) is 1. The van der Waals surface area contributed by atoms with Crippen molar-refractivity contribution in [1.82, 2.24) is 9.97 Å². The lowest BCUT2D eigenvalue weighted by molar-refractivity contribution is 0.415. The second kappa shape index (κ2) is 6.63. The molecule has 102 valence electrons. The van der Waals surface area contributed by atoms with Crippen molar-refractivity contribution in [2.24, 2.45) is 15.9 Å². The number of nitrogens with zero attached hydrogens (tertiary/aromatic N) is 4. The Kier molecular flexibility index (Phi) is 4.62. The number of hydrogen-bond donors (Lipinski definition) is 1. The Bertz CT molecular complexity index is 639. The number of nitrogens with two attached hydrogens (primary N) is 1. The molecule has 0 spiro atoms. The maximum atomic E-state index is 5.73. The van der Waals surface area contributed by atoms with Crippen LogP contribution in [0.5, 0.6) is 5.75 Å². The molecule has 0 radical (unpaired) electrons. The molecular weight excluding hydrogens is 278 g/mol. The molecule has 0 saturated carbocycles. The van der Waals surface area contributed by atoms with Gasteiger partial charge in [-0.3, -0.25) is 4.98 Å². The summed E-state index contributed by atoms with van der Waals surface area (Å²) in [6, 6.07) is 7.37. The van der Waals surface area contributed by atoms with E-state index in [0.29, 0.717) is 5.69 Å². The van der Waals surface area contributed by atoms with Crippen LogP contribution in [0.1, 0.15) is 11.3 Å². The predicted octanol–water partition coefficient (Wildman–Crippen LogP) is 1.88. The minimum Gasteiger partial charge on any atom is -0.497 e. The number of amidine groups is 1. The van der Waals surface area contributed by atoms with Crippen LogP contribution in [0.4, 0.5) is 0 Å². The molecule has 20 heavy (non-hydrogen) atoms. The molecule has 0 bridgehead atoms. The van der Waals surface area contributed by atoms with Crippen LogP contribution < -0.4 is 10.5 Å². The third-order valence-corrected chi connectivity index (χ3v) is 2.54. The van der Waals surface area contributed by atoms with Crippen LogP contribution in [0, 0.1) is 0 Å². The third-order valence-electron chi connectivity index (χ3n) is 2.36. The summed E-state index contributed by atoms with van der Waals surface area (Å²) in [5, 5.41) is 7.98. The van der Waals surface area contributed by atoms with Crippen molar-refractivity contribution in [2.45, 2.75) is 0 Å². The highest BCUT2D eigenvalue weighted by atomic mass is 35.5. The zero-order chi connectivity index (χ0) is 14.4. The second-order valence-electron chi connectivity index (χ2n) is 3.73. The first-order chi connectivity index (χ1) is 9.69. The van der Waals surface area contributed by atoms with Crippen molar-refractivity contribution in [3.05, 3.63) is 53.1 Å². The quantitative estimate of drug-likeness (QED) is 0.529. The molecule has 0 aliphatic rings. The van der Waals surface area contributed by atoms with Crippen molar-refractivity contribution in [2.75, 3.05) is 7.11 Å². The highest BCUT2D eigenvalue weighted by Gasteiger charge is 2.01. The number of aromatic nitrogens is 2. The van der Waals surface area contributed by atoms with Gasteiger partial charge in [0.25, 0.3) is 0 Å². The molecule has 0 atom stereocenters. The van der Waals surface area contributed by atoms with Crippen LogP contribution in [0.25, 0.3) is 0 Å². The highest BCUT2D eigenvalue weighted by Crippen LogP contribution is 2.09. The van der Waals surface area contributed by atoms with Gasteiger partial charge >= 0.3 is 0 Å². The van der Waals surface area contributed by atoms with Gasteiger partial charge in [-0.15, -0.1) is 5.10 Å². The molecule has 0 aliphatic carbocycles. The SMILES string of the molecule is COc1ccc(/C=N/N=C(\N)c2cncc(Cl)n2)cc1. The van der Waals surface area contributed by atoms with Gasteiger partial charge in [-0.05, 0) is 29.8 Å². The molecule has 2 aromatic rings. The van der Waals surface area contributed by atoms with Crippen LogP contribution in [0.15, 0.2) is 46.9 Å². The van der Waals surface area contributed by atoms with Crippen molar-refractivity contribution in [1.29, 1.82) is 0 Å². The predicted molar refractivity (Wildman–Crippen MR) is 78.4 cm³/mol. The topological polar surface area (TPSA) is 85.8 Å². The normalized spacial score (nSPS) is 11.8. The Balaban J connectivity index is 2.09. The maximum absolute atomic E-state index is 5.73. The molecule has 1 aromatic heterocycles. The molecule has 6 nitrogen and oxygen atoms in total. The lowest BCUT2D eigenvalue weighted by atomic mass is 10.2. The molecule has 0 unspecified atom stereocenters. The van der Waals surface area contributed by atoms with E-state index in [1.54, 1.807) is 13.3 Å². The fourth-order valence-electron chi connectivity index (χ4n) is 1.36. The summed E-state index contributed by atoms with van der Waals surface area (Å²) in [4.78, 5) is 7.85. The molecule has 0 fully saturated rings. The van der Waals surface area contributed by atoms with Gasteiger partial charge in [0.2, 0.25) is 0 Å². The molecule has 0 aliphatic heterocycles. The van der Waals surface area contributed by atoms with Crippen LogP contribution in [-0.2, 0) is 0 Å². The Morgan fingerprint density at radius 1 is 1.30 bits per heavy atom. The van der Waals surface area contributed by atoms with Crippen LogP contribution in [-0.4, -0.2) is 29.1 Å². The van der Waals surface area contributed by atoms with Gasteiger partial charge in [0, 0.05) is 0 Å². The third kappa shape index (κ3) is 3.76. The zero-order valence-corrected chi connectivity index (χ0v) is 11.4. The van der Waals surface area contributed by atoms with Crippen molar-refractivity contribution in [3.8, 4) is 5.75 Å². The van der Waals surface area contributed by atoms with Gasteiger partial charge in [-0.1, -0.05) is 11.6 Å². The van der Waals surface area contributed by atoms with Gasteiger partial charge in [0.05, 0.1) is 25.7 Å². The van der Waals surface area contributed by atoms with Gasteiger partial charge in [0.1, 0.15) is 16.6 Å². The Labute approximate surface area is 121 Å². The average Bonchev–Trinajstić information content (AvgIpc) is 2.48. The molecule has 1 aromatic carbocycles. The number of methoxy groups -OCH3 is 1. The van der Waals surface area contributed by atoms with Crippen LogP contribution in [0.2, 0.25) is 5.15 Å². The molecule has 0 saturated heterocycles. The van der Waals surface area contributed by atoms with E-state index in [0.717, 1.165) is 11.3 Å². The summed E-state index contributed by atoms with van der Waals surface area (Å²) in [5.41, 5.74) is 6.98. The summed E-state index contributed by atoms with van der Waals surface area (Å²) >= 11 is 5.71. The molecule has 0 amide bonds. The van der Waals surface area contributed by atoms with Crippen molar-refractivity contribution < 1.29 is 4.74 Å². The van der Waals surface area contributed by atoms with Gasteiger partial charge < -0.3 is 10.5 Å². The van der Waals surface area contributed by atoms with Crippen molar-refractivity contribution in [3.63, 3.8) is 0 Å². The van der Waals surface area contributed by atoms with E-state index < -0.39 is 0 Å². The summed E-state index contributed by atoms with van der Waals surface area (Å²) in [6.45, 7) is 0. The summed E-state index contributed by atoms with van der Waals surface area (Å²) < 4.78 is 5.06. The molecular formula is C13H12ClN5O.